The number of rotatable bonds is 17. The van der Waals surface area contributed by atoms with E-state index in [1.54, 1.807) is 86.1 Å². The van der Waals surface area contributed by atoms with Gasteiger partial charge in [0.2, 0.25) is 0 Å². The number of para-hydroxylation sites is 1. The van der Waals surface area contributed by atoms with Crippen LogP contribution in [0, 0.1) is 84.5 Å². The standard InChI is InChI=1S/C24H24N6O2.C16H14N2O.C9H9NO.C9H8O.C8H10N4O.C8H12N2O.C8H10O3.C7H7BrO.C7H9N/c1-15-11-18(24(32)20(12-15)27-26-19-6-4-3-5-16(19)2)21-14-30(29-28-21)22-13-17(9-10-25)7-8-23(22)31;1-4-13-9-11(2)10-15(16(13)19)18-17-14-8-6-5-7-12(14)3;1-11-9-4-2-8(3-5-9)6-7-10;1-3-8-6-7(2)4-5-9(8)10;9-4-3-6-1-2-8(13)7(5-6)11-12-10;9-4-3-6-1-2-8(11)7(10)5-6;1-5(2)7(9)11-8(10)6(3)4;1-5-2-3-7(9)6(8)4-5;1-6-4-2-3-5-7(6)8/h3-8,11-14,31-32H,9-10,25H2,1-2H3;1,5-10,19H,2-3H3;2-5H,6H2,1H3;1,4-6,10H,2H3;1-2,5,13H,3-4,9H2;1-2,5,11H,3-4,9-10H2;1,3H2,2,4H3;2-4,9H,1H3;2-5H,8H2,1H3. The number of hydrogen-bond acceptors (Lipinski definition) is 24. The predicted octanol–water partition coefficient (Wildman–Crippen LogP) is 20.3. The van der Waals surface area contributed by atoms with Crippen molar-refractivity contribution >= 4 is 67.7 Å². The van der Waals surface area contributed by atoms with Gasteiger partial charge >= 0.3 is 11.9 Å². The molecular formula is C96H103BrN16O11. The van der Waals surface area contributed by atoms with E-state index in [0.29, 0.717) is 89.8 Å². The van der Waals surface area contributed by atoms with Crippen LogP contribution >= 0.6 is 15.9 Å². The molecule has 28 heteroatoms. The van der Waals surface area contributed by atoms with Gasteiger partial charge in [0.15, 0.2) is 11.5 Å². The number of nitrogen functional groups attached to an aromatic ring is 2. The number of benzene rings is 11. The molecule has 12 rings (SSSR count). The Labute approximate surface area is 731 Å². The van der Waals surface area contributed by atoms with E-state index in [2.05, 4.69) is 92.5 Å². The minimum Gasteiger partial charge on any atom is -0.507 e. The summed E-state index contributed by atoms with van der Waals surface area (Å²) in [5.74, 6) is 4.83. The lowest BCUT2D eigenvalue weighted by molar-refractivity contribution is -0.153. The van der Waals surface area contributed by atoms with Gasteiger partial charge in [-0.2, -0.15) is 15.5 Å². The van der Waals surface area contributed by atoms with Crippen LogP contribution < -0.4 is 33.4 Å². The fraction of sp³-hybridized carbons (Fsp3) is 0.177. The Morgan fingerprint density at radius 2 is 0.960 bits per heavy atom. The number of phenols is 7. The van der Waals surface area contributed by atoms with Crippen LogP contribution in [-0.2, 0) is 40.0 Å². The number of azo groups is 2. The van der Waals surface area contributed by atoms with E-state index in [0.717, 1.165) is 94.9 Å². The molecular weight excluding hydrogens is 1630 g/mol. The quantitative estimate of drug-likeness (QED) is 0.00463. The number of hydrogen-bond donors (Lipinski definition) is 12. The minimum absolute atomic E-state index is 0.00886. The Morgan fingerprint density at radius 1 is 0.508 bits per heavy atom. The molecule has 0 saturated carbocycles. The number of phenolic OH excluding ortho intramolecular Hbond substituents is 7. The summed E-state index contributed by atoms with van der Waals surface area (Å²) < 4.78 is 11.5. The molecule has 0 bridgehead atoms. The highest BCUT2D eigenvalue weighted by molar-refractivity contribution is 9.10. The topological polar surface area (TPSA) is 477 Å². The summed E-state index contributed by atoms with van der Waals surface area (Å²) in [6.45, 7) is 24.8. The smallest absolute Gasteiger partial charge is 0.340 e. The molecule has 0 fully saturated rings. The molecule has 12 aromatic rings. The Balaban J connectivity index is 0.000000306. The van der Waals surface area contributed by atoms with Gasteiger partial charge in [-0.25, -0.2) is 14.3 Å². The van der Waals surface area contributed by atoms with Gasteiger partial charge in [0.05, 0.1) is 64.1 Å². The number of nitrogens with zero attached hydrogens (tertiary/aromatic N) is 11. The number of methoxy groups -OCH3 is 1. The maximum Gasteiger partial charge on any atom is 0.340 e. The normalized spacial score (nSPS) is 9.93. The van der Waals surface area contributed by atoms with Gasteiger partial charge < -0.3 is 73.9 Å². The first-order valence-corrected chi connectivity index (χ1v) is 38.9. The number of aryl methyl sites for hydroxylation is 7. The number of anilines is 2. The lowest BCUT2D eigenvalue weighted by Crippen LogP contribution is -2.12. The zero-order chi connectivity index (χ0) is 92.0. The van der Waals surface area contributed by atoms with Gasteiger partial charge in [-0.1, -0.05) is 132 Å². The average Bonchev–Trinajstić information content (AvgIpc) is 1.32. The van der Waals surface area contributed by atoms with Crippen molar-refractivity contribution in [3.63, 3.8) is 0 Å². The number of aromatic hydroxyl groups is 7. The minimum atomic E-state index is -0.710. The third-order valence-corrected chi connectivity index (χ3v) is 17.6. The summed E-state index contributed by atoms with van der Waals surface area (Å²) in [7, 11) is 1.62. The molecule has 11 aromatic carbocycles. The fourth-order valence-electron chi connectivity index (χ4n) is 10.1. The van der Waals surface area contributed by atoms with Crippen LogP contribution in [-0.4, -0.2) is 89.4 Å². The van der Waals surface area contributed by atoms with Crippen molar-refractivity contribution in [2.45, 2.75) is 88.0 Å². The van der Waals surface area contributed by atoms with E-state index in [-0.39, 0.29) is 51.3 Å². The van der Waals surface area contributed by atoms with Crippen molar-refractivity contribution in [1.82, 2.24) is 15.0 Å². The number of nitriles is 1. The van der Waals surface area contributed by atoms with Crippen LogP contribution in [0.3, 0.4) is 0 Å². The second-order valence-corrected chi connectivity index (χ2v) is 28.1. The molecule has 0 aliphatic carbocycles. The zero-order valence-electron chi connectivity index (χ0n) is 70.8. The summed E-state index contributed by atoms with van der Waals surface area (Å²) in [6.07, 6.45) is 14.7. The van der Waals surface area contributed by atoms with Crippen LogP contribution in [0.4, 0.5) is 39.8 Å². The van der Waals surface area contributed by atoms with Crippen molar-refractivity contribution in [2.75, 3.05) is 38.2 Å². The number of terminal acetylenes is 2. The van der Waals surface area contributed by atoms with Gasteiger partial charge in [-0.3, -0.25) is 0 Å². The second-order valence-electron chi connectivity index (χ2n) is 27.3. The van der Waals surface area contributed by atoms with E-state index >= 15 is 0 Å². The van der Waals surface area contributed by atoms with Gasteiger partial charge in [0.25, 0.3) is 0 Å². The first kappa shape index (κ1) is 101. The van der Waals surface area contributed by atoms with E-state index in [1.807, 2.05) is 182 Å². The highest BCUT2D eigenvalue weighted by Gasteiger charge is 2.17. The number of carbonyl (C=O) groups excluding carboxylic acids is 2. The number of carbonyl (C=O) groups is 2. The molecule has 0 saturated heterocycles. The van der Waals surface area contributed by atoms with Crippen molar-refractivity contribution in [1.29, 1.82) is 5.26 Å². The van der Waals surface area contributed by atoms with Crippen LogP contribution in [0.15, 0.2) is 273 Å². The number of nitrogens with two attached hydrogens (primary N) is 5. The van der Waals surface area contributed by atoms with Crippen LogP contribution in [0.2, 0.25) is 0 Å². The second kappa shape index (κ2) is 53.2. The number of ether oxygens (including phenoxy) is 2. The van der Waals surface area contributed by atoms with Gasteiger partial charge in [0, 0.05) is 27.3 Å². The van der Waals surface area contributed by atoms with Gasteiger partial charge in [-0.15, -0.1) is 28.2 Å². The van der Waals surface area contributed by atoms with Crippen molar-refractivity contribution in [3.8, 4) is 93.7 Å². The first-order chi connectivity index (χ1) is 59.1. The Bertz CT molecular complexity index is 5800. The number of aromatic nitrogens is 3. The molecule has 0 radical (unpaired) electrons. The third-order valence-electron chi connectivity index (χ3n) is 16.9. The Hall–Kier alpha value is -15.3. The predicted molar refractivity (Wildman–Crippen MR) is 494 cm³/mol. The van der Waals surface area contributed by atoms with Crippen molar-refractivity contribution in [2.24, 2.45) is 42.8 Å². The molecule has 0 aliphatic heterocycles. The molecule has 0 atom stereocenters. The lowest BCUT2D eigenvalue weighted by atomic mass is 10.1. The van der Waals surface area contributed by atoms with Gasteiger partial charge in [-0.05, 0) is 299 Å². The molecule has 1 aromatic heterocycles. The molecule has 640 valence electrons. The Morgan fingerprint density at radius 3 is 1.42 bits per heavy atom. The van der Waals surface area contributed by atoms with Gasteiger partial charge in [0.1, 0.15) is 57.3 Å². The van der Waals surface area contributed by atoms with Crippen molar-refractivity contribution < 1.29 is 54.8 Å². The summed E-state index contributed by atoms with van der Waals surface area (Å²) in [6, 6.07) is 65.6. The number of azide groups is 1. The molecule has 27 nitrogen and oxygen atoms in total. The van der Waals surface area contributed by atoms with E-state index in [9.17, 15) is 30.0 Å². The molecule has 124 heavy (non-hydrogen) atoms. The van der Waals surface area contributed by atoms with Crippen LogP contribution in [0.5, 0.6) is 46.0 Å². The summed E-state index contributed by atoms with van der Waals surface area (Å²) >= 11 is 3.20. The zero-order valence-corrected chi connectivity index (χ0v) is 72.3. The largest absolute Gasteiger partial charge is 0.507 e. The summed E-state index contributed by atoms with van der Waals surface area (Å²) in [5, 5.41) is 104. The Kier molecular flexibility index (Phi) is 43.4. The third kappa shape index (κ3) is 34.9. The first-order valence-electron chi connectivity index (χ1n) is 38.1. The van der Waals surface area contributed by atoms with Crippen molar-refractivity contribution in [3.05, 3.63) is 330 Å². The fourth-order valence-corrected chi connectivity index (χ4v) is 10.6. The van der Waals surface area contributed by atoms with Crippen LogP contribution in [0.25, 0.3) is 27.4 Å². The molecule has 0 amide bonds. The number of halogens is 1. The van der Waals surface area contributed by atoms with E-state index in [4.69, 9.17) is 72.4 Å². The average molecular weight is 1740 g/mol. The molecule has 0 unspecified atom stereocenters. The van der Waals surface area contributed by atoms with E-state index in [1.165, 1.54) is 24.6 Å². The maximum atomic E-state index is 10.9. The molecule has 0 aliphatic rings. The maximum absolute atomic E-state index is 10.9. The molecule has 0 spiro atoms. The number of esters is 2. The van der Waals surface area contributed by atoms with E-state index < -0.39 is 11.9 Å². The molecule has 1 heterocycles. The molecule has 17 N–H and O–H groups in total. The van der Waals surface area contributed by atoms with Crippen LogP contribution in [0.1, 0.15) is 86.2 Å². The highest BCUT2D eigenvalue weighted by atomic mass is 79.9. The highest BCUT2D eigenvalue weighted by Crippen LogP contribution is 2.40. The SMILES string of the molecule is C#Cc1cc(C)cc(N=Nc2ccccc2C)c1O.C#Cc1cc(C)ccc1O.C=C(C)C(=O)OC(=O)C(=C)C.COc1ccc(CC#N)cc1.Cc1cc(N=Nc2ccccc2C)c(O)c(-c2cn(-c3cc(CCN)ccc3O)nn2)c1.Cc1ccc(O)c(Br)c1.Cc1ccccc1N.NCCc1ccc(O)c(N)c1.[N-]=[N+]=Nc1cc(CCN)ccc1O. The summed E-state index contributed by atoms with van der Waals surface area (Å²) in [5.41, 5.74) is 53.2. The lowest BCUT2D eigenvalue weighted by Gasteiger charge is -2.07. The summed E-state index contributed by atoms with van der Waals surface area (Å²) in [4.78, 5) is 23.9. The monoisotopic (exact) mass is 1730 g/mol.